The summed E-state index contributed by atoms with van der Waals surface area (Å²) >= 11 is 6.03. The summed E-state index contributed by atoms with van der Waals surface area (Å²) in [4.78, 5) is 29.5. The van der Waals surface area contributed by atoms with Crippen LogP contribution in [0.2, 0.25) is 5.02 Å². The molecule has 0 unspecified atom stereocenters. The zero-order valence-corrected chi connectivity index (χ0v) is 23.2. The van der Waals surface area contributed by atoms with Crippen LogP contribution >= 0.6 is 11.6 Å². The van der Waals surface area contributed by atoms with Gasteiger partial charge in [0.1, 0.15) is 0 Å². The molecule has 2 N–H and O–H groups in total. The number of anilines is 1. The van der Waals surface area contributed by atoms with Gasteiger partial charge >= 0.3 is 6.03 Å². The summed E-state index contributed by atoms with van der Waals surface area (Å²) in [5, 5.41) is 6.74. The van der Waals surface area contributed by atoms with Crippen LogP contribution in [0.3, 0.4) is 0 Å². The number of carbonyl (C=O) groups excluding carboxylic acids is 2. The largest absolute Gasteiger partial charge is 0.493 e. The van der Waals surface area contributed by atoms with Gasteiger partial charge in [-0.15, -0.1) is 0 Å². The lowest BCUT2D eigenvalue weighted by Gasteiger charge is -2.38. The number of hydrogen-bond acceptors (Lipinski definition) is 6. The van der Waals surface area contributed by atoms with E-state index in [9.17, 15) is 9.59 Å². The fourth-order valence-electron chi connectivity index (χ4n) is 5.49. The zero-order chi connectivity index (χ0) is 27.2. The van der Waals surface area contributed by atoms with E-state index in [0.717, 1.165) is 37.4 Å². The third-order valence-corrected chi connectivity index (χ3v) is 7.78. The molecular weight excluding hydrogens is 508 g/mol. The molecule has 4 rings (SSSR count). The average molecular weight is 545 g/mol. The molecule has 2 atom stereocenters. The summed E-state index contributed by atoms with van der Waals surface area (Å²) in [7, 11) is 4.58. The molecule has 0 bridgehead atoms. The van der Waals surface area contributed by atoms with Crippen molar-refractivity contribution in [2.45, 2.75) is 38.3 Å². The van der Waals surface area contributed by atoms with E-state index in [0.29, 0.717) is 41.9 Å². The summed E-state index contributed by atoms with van der Waals surface area (Å²) < 4.78 is 16.1. The van der Waals surface area contributed by atoms with Crippen molar-refractivity contribution in [3.8, 4) is 17.2 Å². The number of hydrogen-bond donors (Lipinski definition) is 2. The molecule has 2 aromatic rings. The summed E-state index contributed by atoms with van der Waals surface area (Å²) in [5.74, 6) is 1.97. The maximum atomic E-state index is 13.0. The lowest BCUT2D eigenvalue weighted by molar-refractivity contribution is -0.128. The molecule has 2 fully saturated rings. The van der Waals surface area contributed by atoms with E-state index in [4.69, 9.17) is 25.8 Å². The summed E-state index contributed by atoms with van der Waals surface area (Å²) in [6.45, 7) is 4.52. The fourth-order valence-corrected chi connectivity index (χ4v) is 5.61. The van der Waals surface area contributed by atoms with Gasteiger partial charge in [0.25, 0.3) is 0 Å². The van der Waals surface area contributed by atoms with Crippen LogP contribution in [-0.4, -0.2) is 81.3 Å². The number of likely N-dealkylation sites (tertiary alicyclic amines) is 2. The first kappa shape index (κ1) is 27.9. The molecule has 2 aromatic carbocycles. The number of halogens is 1. The van der Waals surface area contributed by atoms with Crippen LogP contribution in [0, 0.1) is 5.92 Å². The number of rotatable bonds is 8. The number of nitrogens with one attached hydrogen (secondary N) is 2. The van der Waals surface area contributed by atoms with Crippen molar-refractivity contribution in [3.05, 3.63) is 47.0 Å². The van der Waals surface area contributed by atoms with Crippen LogP contribution in [-0.2, 0) is 11.2 Å². The minimum absolute atomic E-state index is 0.0157. The number of piperidine rings is 1. The van der Waals surface area contributed by atoms with Crippen LogP contribution in [0.15, 0.2) is 36.4 Å². The minimum atomic E-state index is -0.350. The van der Waals surface area contributed by atoms with Crippen molar-refractivity contribution in [3.63, 3.8) is 0 Å². The number of amides is 3. The highest BCUT2D eigenvalue weighted by molar-refractivity contribution is 6.30. The van der Waals surface area contributed by atoms with Gasteiger partial charge < -0.3 is 29.7 Å². The standard InChI is InChI=1S/C28H37ClN4O5/c1-18(34)33-16-23(31-28(35)30-22-14-25(36-2)27(38-4)26(15-22)37-3)24(17-33)32-11-9-20(10-12-32)13-19-5-7-21(29)8-6-19/h5-8,14-15,20,23-24H,9-13,16-17H2,1-4H3,(H2,30,31,35)/t23-,24-/m1/s1. The highest BCUT2D eigenvalue weighted by Gasteiger charge is 2.39. The van der Waals surface area contributed by atoms with Crippen molar-refractivity contribution in [2.75, 3.05) is 52.8 Å². The van der Waals surface area contributed by atoms with Gasteiger partial charge in [-0.3, -0.25) is 9.69 Å². The second-order valence-electron chi connectivity index (χ2n) is 9.92. The minimum Gasteiger partial charge on any atom is -0.493 e. The molecule has 3 amide bonds. The van der Waals surface area contributed by atoms with Gasteiger partial charge in [-0.1, -0.05) is 23.7 Å². The first-order chi connectivity index (χ1) is 18.3. The Bertz CT molecular complexity index is 1100. The maximum absolute atomic E-state index is 13.0. The van der Waals surface area contributed by atoms with E-state index in [1.165, 1.54) is 26.9 Å². The van der Waals surface area contributed by atoms with Gasteiger partial charge in [-0.25, -0.2) is 4.79 Å². The first-order valence-electron chi connectivity index (χ1n) is 12.9. The predicted octanol–water partition coefficient (Wildman–Crippen LogP) is 4.04. The molecule has 0 radical (unpaired) electrons. The van der Waals surface area contributed by atoms with Crippen LogP contribution in [0.5, 0.6) is 17.2 Å². The Morgan fingerprint density at radius 1 is 0.974 bits per heavy atom. The molecule has 206 valence electrons. The molecular formula is C28H37ClN4O5. The molecule has 9 nitrogen and oxygen atoms in total. The van der Waals surface area contributed by atoms with Crippen LogP contribution in [0.25, 0.3) is 0 Å². The number of urea groups is 1. The van der Waals surface area contributed by atoms with E-state index < -0.39 is 0 Å². The quantitative estimate of drug-likeness (QED) is 0.521. The summed E-state index contributed by atoms with van der Waals surface area (Å²) in [5.41, 5.74) is 1.82. The lowest BCUT2D eigenvalue weighted by Crippen LogP contribution is -2.54. The summed E-state index contributed by atoms with van der Waals surface area (Å²) in [6, 6.07) is 11.0. The molecule has 0 spiro atoms. The van der Waals surface area contributed by atoms with E-state index in [-0.39, 0.29) is 24.0 Å². The van der Waals surface area contributed by atoms with Crippen LogP contribution in [0.4, 0.5) is 10.5 Å². The molecule has 2 aliphatic heterocycles. The van der Waals surface area contributed by atoms with Crippen molar-refractivity contribution in [1.82, 2.24) is 15.1 Å². The van der Waals surface area contributed by atoms with Crippen molar-refractivity contribution < 1.29 is 23.8 Å². The van der Waals surface area contributed by atoms with Crippen molar-refractivity contribution >= 4 is 29.2 Å². The Kier molecular flexibility index (Phi) is 9.22. The van der Waals surface area contributed by atoms with Crippen LogP contribution in [0.1, 0.15) is 25.3 Å². The second kappa shape index (κ2) is 12.6. The van der Waals surface area contributed by atoms with E-state index in [1.54, 1.807) is 19.1 Å². The number of methoxy groups -OCH3 is 3. The Labute approximate surface area is 229 Å². The normalized spacial score (nSPS) is 20.2. The molecule has 0 aromatic heterocycles. The van der Waals surface area contributed by atoms with Gasteiger partial charge in [0.15, 0.2) is 11.5 Å². The van der Waals surface area contributed by atoms with E-state index >= 15 is 0 Å². The smallest absolute Gasteiger partial charge is 0.319 e. The second-order valence-corrected chi connectivity index (χ2v) is 10.4. The third kappa shape index (κ3) is 6.63. The Hall–Kier alpha value is -3.17. The monoisotopic (exact) mass is 544 g/mol. The predicted molar refractivity (Wildman–Crippen MR) is 148 cm³/mol. The van der Waals surface area contributed by atoms with Crippen LogP contribution < -0.4 is 24.8 Å². The fraction of sp³-hybridized carbons (Fsp3) is 0.500. The van der Waals surface area contributed by atoms with Gasteiger partial charge in [-0.2, -0.15) is 0 Å². The van der Waals surface area contributed by atoms with Gasteiger partial charge in [-0.05, 0) is 56.0 Å². The lowest BCUT2D eigenvalue weighted by atomic mass is 9.89. The first-order valence-corrected chi connectivity index (χ1v) is 13.3. The number of ether oxygens (including phenoxy) is 3. The van der Waals surface area contributed by atoms with Crippen molar-refractivity contribution in [1.29, 1.82) is 0 Å². The molecule has 0 saturated carbocycles. The molecule has 0 aliphatic carbocycles. The number of carbonyl (C=O) groups is 2. The molecule has 38 heavy (non-hydrogen) atoms. The summed E-state index contributed by atoms with van der Waals surface area (Å²) in [6.07, 6.45) is 3.18. The zero-order valence-electron chi connectivity index (χ0n) is 22.5. The Morgan fingerprint density at radius 3 is 2.16 bits per heavy atom. The molecule has 2 saturated heterocycles. The van der Waals surface area contributed by atoms with Gasteiger partial charge in [0, 0.05) is 43.2 Å². The van der Waals surface area contributed by atoms with E-state index in [2.05, 4.69) is 27.7 Å². The van der Waals surface area contributed by atoms with Gasteiger partial charge in [0.2, 0.25) is 11.7 Å². The average Bonchev–Trinajstić information content (AvgIpc) is 3.33. The van der Waals surface area contributed by atoms with Gasteiger partial charge in [0.05, 0.1) is 33.1 Å². The Morgan fingerprint density at radius 2 is 1.61 bits per heavy atom. The number of nitrogens with zero attached hydrogens (tertiary/aromatic N) is 2. The van der Waals surface area contributed by atoms with E-state index in [1.807, 2.05) is 17.0 Å². The number of benzene rings is 2. The Balaban J connectivity index is 1.39. The molecule has 2 heterocycles. The molecule has 10 heteroatoms. The third-order valence-electron chi connectivity index (χ3n) is 7.53. The SMILES string of the molecule is COc1cc(NC(=O)N[C@@H]2CN(C(C)=O)C[C@H]2N2CCC(Cc3ccc(Cl)cc3)CC2)cc(OC)c1OC. The highest BCUT2D eigenvalue weighted by Crippen LogP contribution is 2.40. The maximum Gasteiger partial charge on any atom is 0.319 e. The van der Waals surface area contributed by atoms with Crippen molar-refractivity contribution in [2.24, 2.45) is 5.92 Å². The topological polar surface area (TPSA) is 92.4 Å². The molecule has 2 aliphatic rings. The highest BCUT2D eigenvalue weighted by atomic mass is 35.5.